The SMILES string of the molecule is CN=C(NCCc1ccc(OC)c(F)c1)NCCN1CCOCC1.I. The molecular formula is C17H28FIN4O2. The molecule has 0 spiro atoms. The standard InChI is InChI=1S/C17H27FN4O2.HI/c1-19-17(21-7-8-22-9-11-24-12-10-22)20-6-5-14-3-4-16(23-2)15(18)13-14;/h3-4,13H,5-12H2,1-2H3,(H2,19,20,21);1H. The largest absolute Gasteiger partial charge is 0.494 e. The van der Waals surface area contributed by atoms with Gasteiger partial charge in [0.25, 0.3) is 0 Å². The maximum atomic E-state index is 13.7. The van der Waals surface area contributed by atoms with Crippen molar-refractivity contribution in [1.29, 1.82) is 0 Å². The molecule has 2 rings (SSSR count). The zero-order valence-electron chi connectivity index (χ0n) is 14.9. The number of hydrogen-bond acceptors (Lipinski definition) is 4. The summed E-state index contributed by atoms with van der Waals surface area (Å²) in [6, 6.07) is 5.04. The number of guanidine groups is 1. The van der Waals surface area contributed by atoms with Gasteiger partial charge in [0.05, 0.1) is 20.3 Å². The van der Waals surface area contributed by atoms with E-state index in [1.165, 1.54) is 13.2 Å². The summed E-state index contributed by atoms with van der Waals surface area (Å²) >= 11 is 0. The van der Waals surface area contributed by atoms with Gasteiger partial charge in [0, 0.05) is 39.8 Å². The molecule has 0 bridgehead atoms. The molecule has 2 N–H and O–H groups in total. The van der Waals surface area contributed by atoms with Crippen LogP contribution in [0, 0.1) is 5.82 Å². The minimum absolute atomic E-state index is 0. The van der Waals surface area contributed by atoms with Crippen molar-refractivity contribution in [3.63, 3.8) is 0 Å². The van der Waals surface area contributed by atoms with Gasteiger partial charge in [-0.15, -0.1) is 24.0 Å². The summed E-state index contributed by atoms with van der Waals surface area (Å²) in [5, 5.41) is 6.54. The van der Waals surface area contributed by atoms with Crippen molar-refractivity contribution in [2.75, 3.05) is 60.1 Å². The monoisotopic (exact) mass is 466 g/mol. The van der Waals surface area contributed by atoms with E-state index in [2.05, 4.69) is 20.5 Å². The molecule has 8 heteroatoms. The fraction of sp³-hybridized carbons (Fsp3) is 0.588. The van der Waals surface area contributed by atoms with E-state index in [9.17, 15) is 4.39 Å². The number of rotatable bonds is 7. The second kappa shape index (κ2) is 12.3. The molecule has 0 aliphatic carbocycles. The Bertz CT molecular complexity index is 539. The molecule has 1 aromatic rings. The van der Waals surface area contributed by atoms with Gasteiger partial charge < -0.3 is 20.1 Å². The summed E-state index contributed by atoms with van der Waals surface area (Å²) in [6.45, 7) is 6.07. The highest BCUT2D eigenvalue weighted by Gasteiger charge is 2.09. The number of morpholine rings is 1. The van der Waals surface area contributed by atoms with Gasteiger partial charge in [0.1, 0.15) is 0 Å². The maximum Gasteiger partial charge on any atom is 0.191 e. The zero-order chi connectivity index (χ0) is 17.2. The molecular weight excluding hydrogens is 438 g/mol. The van der Waals surface area contributed by atoms with E-state index in [0.717, 1.165) is 50.9 Å². The van der Waals surface area contributed by atoms with Gasteiger partial charge in [-0.25, -0.2) is 4.39 Å². The summed E-state index contributed by atoms with van der Waals surface area (Å²) in [7, 11) is 3.21. The van der Waals surface area contributed by atoms with Crippen LogP contribution in [0.5, 0.6) is 5.75 Å². The normalized spacial score (nSPS) is 15.4. The first-order chi connectivity index (χ1) is 11.7. The molecule has 6 nitrogen and oxygen atoms in total. The summed E-state index contributed by atoms with van der Waals surface area (Å²) in [6.07, 6.45) is 0.713. The topological polar surface area (TPSA) is 58.1 Å². The molecule has 0 unspecified atom stereocenters. The van der Waals surface area contributed by atoms with Crippen molar-refractivity contribution in [2.24, 2.45) is 4.99 Å². The number of aliphatic imine (C=N–C) groups is 1. The summed E-state index contributed by atoms with van der Waals surface area (Å²) in [5.41, 5.74) is 0.921. The van der Waals surface area contributed by atoms with Gasteiger partial charge >= 0.3 is 0 Å². The second-order valence-corrected chi connectivity index (χ2v) is 5.60. The number of nitrogens with zero attached hydrogens (tertiary/aromatic N) is 2. The highest BCUT2D eigenvalue weighted by molar-refractivity contribution is 14.0. The van der Waals surface area contributed by atoms with Crippen LogP contribution in [0.3, 0.4) is 0 Å². The number of benzene rings is 1. The van der Waals surface area contributed by atoms with Gasteiger partial charge in [0.2, 0.25) is 0 Å². The Morgan fingerprint density at radius 1 is 1.28 bits per heavy atom. The van der Waals surface area contributed by atoms with Gasteiger partial charge in [-0.3, -0.25) is 9.89 Å². The number of hydrogen-bond donors (Lipinski definition) is 2. The van der Waals surface area contributed by atoms with Crippen LogP contribution in [0.4, 0.5) is 4.39 Å². The van der Waals surface area contributed by atoms with Gasteiger partial charge in [-0.1, -0.05) is 6.07 Å². The summed E-state index contributed by atoms with van der Waals surface area (Å²) in [4.78, 5) is 6.57. The summed E-state index contributed by atoms with van der Waals surface area (Å²) in [5.74, 6) is 0.701. The van der Waals surface area contributed by atoms with Crippen molar-refractivity contribution < 1.29 is 13.9 Å². The van der Waals surface area contributed by atoms with Crippen LogP contribution in [0.25, 0.3) is 0 Å². The van der Waals surface area contributed by atoms with Crippen LogP contribution in [0.1, 0.15) is 5.56 Å². The van der Waals surface area contributed by atoms with E-state index in [1.54, 1.807) is 13.1 Å². The van der Waals surface area contributed by atoms with Crippen molar-refractivity contribution in [1.82, 2.24) is 15.5 Å². The van der Waals surface area contributed by atoms with Crippen LogP contribution in [0.2, 0.25) is 0 Å². The highest BCUT2D eigenvalue weighted by Crippen LogP contribution is 2.17. The van der Waals surface area contributed by atoms with E-state index in [4.69, 9.17) is 9.47 Å². The first-order valence-corrected chi connectivity index (χ1v) is 8.30. The molecule has 0 aromatic heterocycles. The highest BCUT2D eigenvalue weighted by atomic mass is 127. The molecule has 142 valence electrons. The Balaban J connectivity index is 0.00000312. The fourth-order valence-electron chi connectivity index (χ4n) is 2.57. The first-order valence-electron chi connectivity index (χ1n) is 8.30. The predicted molar refractivity (Wildman–Crippen MR) is 109 cm³/mol. The Labute approximate surface area is 166 Å². The average molecular weight is 466 g/mol. The van der Waals surface area contributed by atoms with Crippen LogP contribution >= 0.6 is 24.0 Å². The molecule has 1 aliphatic rings. The number of ether oxygens (including phenoxy) is 2. The maximum absolute atomic E-state index is 13.7. The van der Waals surface area contributed by atoms with Crippen molar-refractivity contribution in [3.05, 3.63) is 29.6 Å². The molecule has 0 saturated carbocycles. The lowest BCUT2D eigenvalue weighted by molar-refractivity contribution is 0.0389. The van der Waals surface area contributed by atoms with Crippen LogP contribution < -0.4 is 15.4 Å². The molecule has 1 fully saturated rings. The smallest absolute Gasteiger partial charge is 0.191 e. The van der Waals surface area contributed by atoms with Crippen molar-refractivity contribution >= 4 is 29.9 Å². The third-order valence-corrected chi connectivity index (χ3v) is 3.97. The third-order valence-electron chi connectivity index (χ3n) is 3.97. The molecule has 1 aromatic carbocycles. The minimum Gasteiger partial charge on any atom is -0.494 e. The average Bonchev–Trinajstić information content (AvgIpc) is 2.61. The fourth-order valence-corrected chi connectivity index (χ4v) is 2.57. The van der Waals surface area contributed by atoms with Crippen LogP contribution in [-0.2, 0) is 11.2 Å². The van der Waals surface area contributed by atoms with Crippen LogP contribution in [0.15, 0.2) is 23.2 Å². The van der Waals surface area contributed by atoms with Gasteiger partial charge in [-0.2, -0.15) is 0 Å². The third kappa shape index (κ3) is 7.74. The van der Waals surface area contributed by atoms with Crippen LogP contribution in [-0.4, -0.2) is 71.0 Å². The molecule has 25 heavy (non-hydrogen) atoms. The Morgan fingerprint density at radius 3 is 2.64 bits per heavy atom. The van der Waals surface area contributed by atoms with Crippen molar-refractivity contribution in [2.45, 2.75) is 6.42 Å². The van der Waals surface area contributed by atoms with Crippen molar-refractivity contribution in [3.8, 4) is 5.75 Å². The minimum atomic E-state index is -0.331. The first kappa shape index (κ1) is 21.9. The Morgan fingerprint density at radius 2 is 2.00 bits per heavy atom. The lowest BCUT2D eigenvalue weighted by Crippen LogP contribution is -2.44. The van der Waals surface area contributed by atoms with E-state index in [1.807, 2.05) is 6.07 Å². The second-order valence-electron chi connectivity index (χ2n) is 5.60. The molecule has 1 saturated heterocycles. The quantitative estimate of drug-likeness (QED) is 0.363. The van der Waals surface area contributed by atoms with E-state index < -0.39 is 0 Å². The molecule has 0 amide bonds. The van der Waals surface area contributed by atoms with Gasteiger partial charge in [-0.05, 0) is 24.1 Å². The zero-order valence-corrected chi connectivity index (χ0v) is 17.2. The number of nitrogens with one attached hydrogen (secondary N) is 2. The van der Waals surface area contributed by atoms with E-state index in [-0.39, 0.29) is 35.5 Å². The lowest BCUT2D eigenvalue weighted by Gasteiger charge is -2.26. The van der Waals surface area contributed by atoms with E-state index in [0.29, 0.717) is 13.0 Å². The van der Waals surface area contributed by atoms with Gasteiger partial charge in [0.15, 0.2) is 17.5 Å². The number of halogens is 2. The molecule has 0 radical (unpaired) electrons. The Hall–Kier alpha value is -1.13. The Kier molecular flexibility index (Phi) is 10.7. The van der Waals surface area contributed by atoms with E-state index >= 15 is 0 Å². The summed E-state index contributed by atoms with van der Waals surface area (Å²) < 4.78 is 23.9. The lowest BCUT2D eigenvalue weighted by atomic mass is 10.1. The molecule has 0 atom stereocenters. The molecule has 1 aliphatic heterocycles. The predicted octanol–water partition coefficient (Wildman–Crippen LogP) is 1.49. The molecule has 1 heterocycles. The number of methoxy groups -OCH3 is 1.